The van der Waals surface area contributed by atoms with Crippen LogP contribution >= 0.6 is 23.4 Å². The number of aliphatic hydroxyl groups excluding tert-OH is 1. The van der Waals surface area contributed by atoms with Crippen LogP contribution in [0, 0.1) is 5.41 Å². The monoisotopic (exact) mass is 255 g/mol. The molecular formula is C11H10ClNO2S. The van der Waals surface area contributed by atoms with E-state index in [4.69, 9.17) is 22.1 Å². The average molecular weight is 256 g/mol. The molecule has 1 aromatic rings. The van der Waals surface area contributed by atoms with Crippen LogP contribution in [0.15, 0.2) is 36.1 Å². The van der Waals surface area contributed by atoms with E-state index in [1.165, 1.54) is 0 Å². The van der Waals surface area contributed by atoms with Crippen LogP contribution in [0.4, 0.5) is 0 Å². The molecule has 0 fully saturated rings. The summed E-state index contributed by atoms with van der Waals surface area (Å²) in [6, 6.07) is 6.29. The Balaban J connectivity index is 3.01. The van der Waals surface area contributed by atoms with Gasteiger partial charge in [-0.05, 0) is 30.5 Å². The molecule has 84 valence electrons. The van der Waals surface area contributed by atoms with Gasteiger partial charge in [-0.2, -0.15) is 0 Å². The number of rotatable bonds is 3. The number of carbonyl (C=O) groups is 1. The number of Topliss-reactive ketones (excluding diaryl/α,β-unsaturated/α-hetero) is 1. The summed E-state index contributed by atoms with van der Waals surface area (Å²) in [6.07, 6.45) is 2.33. The molecule has 0 aliphatic rings. The van der Waals surface area contributed by atoms with E-state index in [0.717, 1.165) is 11.8 Å². The van der Waals surface area contributed by atoms with E-state index in [-0.39, 0.29) is 10.6 Å². The molecule has 2 N–H and O–H groups in total. The fraction of sp³-hybridized carbons (Fsp3) is 0.0909. The summed E-state index contributed by atoms with van der Waals surface area (Å²) in [7, 11) is 0. The Morgan fingerprint density at radius 1 is 1.44 bits per heavy atom. The first-order valence-electron chi connectivity index (χ1n) is 4.37. The minimum absolute atomic E-state index is 0.0187. The van der Waals surface area contributed by atoms with Crippen LogP contribution in [-0.2, 0) is 0 Å². The fourth-order valence-electron chi connectivity index (χ4n) is 1.09. The summed E-state index contributed by atoms with van der Waals surface area (Å²) in [4.78, 5) is 11.9. The van der Waals surface area contributed by atoms with Crippen molar-refractivity contribution in [1.82, 2.24) is 0 Å². The lowest BCUT2D eigenvalue weighted by Crippen LogP contribution is -2.10. The zero-order valence-corrected chi connectivity index (χ0v) is 10.1. The molecule has 5 heteroatoms. The molecule has 0 unspecified atom stereocenters. The Morgan fingerprint density at radius 2 is 2.00 bits per heavy atom. The Kier molecular flexibility index (Phi) is 4.58. The number of carbonyl (C=O) groups excluding carboxylic acids is 1. The van der Waals surface area contributed by atoms with Crippen molar-refractivity contribution in [3.05, 3.63) is 46.7 Å². The predicted molar refractivity (Wildman–Crippen MR) is 67.7 cm³/mol. The molecule has 0 spiro atoms. The highest BCUT2D eigenvalue weighted by Crippen LogP contribution is 2.16. The summed E-state index contributed by atoms with van der Waals surface area (Å²) in [6.45, 7) is 0. The van der Waals surface area contributed by atoms with Crippen LogP contribution < -0.4 is 0 Å². The van der Waals surface area contributed by atoms with Crippen LogP contribution in [0.25, 0.3) is 0 Å². The van der Waals surface area contributed by atoms with Crippen LogP contribution in [0.1, 0.15) is 10.4 Å². The lowest BCUT2D eigenvalue weighted by molar-refractivity contribution is 0.103. The minimum Gasteiger partial charge on any atom is -0.515 e. The molecule has 0 amide bonds. The maximum absolute atomic E-state index is 11.9. The fourth-order valence-corrected chi connectivity index (χ4v) is 1.58. The second kappa shape index (κ2) is 5.72. The van der Waals surface area contributed by atoms with Gasteiger partial charge < -0.3 is 5.11 Å². The summed E-state index contributed by atoms with van der Waals surface area (Å²) >= 11 is 6.79. The van der Waals surface area contributed by atoms with Crippen LogP contribution in [0.2, 0.25) is 5.02 Å². The van der Waals surface area contributed by atoms with E-state index in [1.807, 2.05) is 0 Å². The number of nitrogens with one attached hydrogen (secondary N) is 1. The summed E-state index contributed by atoms with van der Waals surface area (Å²) in [5.41, 5.74) is 0.373. The van der Waals surface area contributed by atoms with Crippen molar-refractivity contribution >= 4 is 34.2 Å². The molecule has 16 heavy (non-hydrogen) atoms. The van der Waals surface area contributed by atoms with E-state index in [1.54, 1.807) is 30.5 Å². The van der Waals surface area contributed by atoms with Crippen LogP contribution in [-0.4, -0.2) is 22.2 Å². The number of ketones is 1. The maximum atomic E-state index is 11.9. The smallest absolute Gasteiger partial charge is 0.198 e. The average Bonchev–Trinajstić information content (AvgIpc) is 2.30. The number of aliphatic hydroxyl groups is 1. The van der Waals surface area contributed by atoms with Crippen molar-refractivity contribution < 1.29 is 9.90 Å². The number of benzene rings is 1. The quantitative estimate of drug-likeness (QED) is 0.286. The first kappa shape index (κ1) is 12.8. The Morgan fingerprint density at radius 3 is 2.44 bits per heavy atom. The van der Waals surface area contributed by atoms with Gasteiger partial charge in [0, 0.05) is 10.6 Å². The van der Waals surface area contributed by atoms with Gasteiger partial charge in [0.1, 0.15) is 5.04 Å². The molecule has 0 aliphatic carbocycles. The second-order valence-electron chi connectivity index (χ2n) is 2.91. The molecule has 0 saturated carbocycles. The zero-order valence-electron chi connectivity index (χ0n) is 8.53. The number of halogens is 1. The van der Waals surface area contributed by atoms with Gasteiger partial charge in [-0.25, -0.2) is 0 Å². The third-order valence-corrected chi connectivity index (χ3v) is 2.81. The van der Waals surface area contributed by atoms with Gasteiger partial charge in [0.15, 0.2) is 5.78 Å². The molecular weight excluding hydrogens is 246 g/mol. The first-order chi connectivity index (χ1) is 7.60. The molecule has 1 rings (SSSR count). The highest BCUT2D eigenvalue weighted by Gasteiger charge is 2.16. The van der Waals surface area contributed by atoms with E-state index < -0.39 is 5.78 Å². The lowest BCUT2D eigenvalue weighted by Gasteiger charge is -2.04. The third-order valence-electron chi connectivity index (χ3n) is 1.93. The summed E-state index contributed by atoms with van der Waals surface area (Å²) < 4.78 is 0. The van der Waals surface area contributed by atoms with E-state index in [9.17, 15) is 4.79 Å². The van der Waals surface area contributed by atoms with Gasteiger partial charge in [0.2, 0.25) is 0 Å². The molecule has 0 aromatic heterocycles. The standard InChI is InChI=1S/C11H10ClNO2S/c1-16-11(13)9(6-14)10(15)7-2-4-8(12)5-3-7/h2-6,13-14H,1H3/b9-6+,13-11?. The van der Waals surface area contributed by atoms with Crippen molar-refractivity contribution in [2.24, 2.45) is 0 Å². The topological polar surface area (TPSA) is 61.1 Å². The van der Waals surface area contributed by atoms with Crippen molar-refractivity contribution in [3.8, 4) is 0 Å². The number of hydrogen-bond donors (Lipinski definition) is 2. The van der Waals surface area contributed by atoms with Crippen molar-refractivity contribution in [3.63, 3.8) is 0 Å². The second-order valence-corrected chi connectivity index (χ2v) is 4.16. The number of hydrogen-bond acceptors (Lipinski definition) is 4. The minimum atomic E-state index is -0.390. The predicted octanol–water partition coefficient (Wildman–Crippen LogP) is 3.30. The normalized spacial score (nSPS) is 11.2. The summed E-state index contributed by atoms with van der Waals surface area (Å²) in [5.74, 6) is -0.390. The maximum Gasteiger partial charge on any atom is 0.198 e. The largest absolute Gasteiger partial charge is 0.515 e. The molecule has 0 bridgehead atoms. The van der Waals surface area contributed by atoms with Gasteiger partial charge in [-0.3, -0.25) is 10.2 Å². The highest BCUT2D eigenvalue weighted by molar-refractivity contribution is 8.13. The van der Waals surface area contributed by atoms with Gasteiger partial charge >= 0.3 is 0 Å². The van der Waals surface area contributed by atoms with Crippen LogP contribution in [0.3, 0.4) is 0 Å². The van der Waals surface area contributed by atoms with Crippen molar-refractivity contribution in [2.45, 2.75) is 0 Å². The first-order valence-corrected chi connectivity index (χ1v) is 5.98. The zero-order chi connectivity index (χ0) is 12.1. The molecule has 0 atom stereocenters. The molecule has 0 heterocycles. The summed E-state index contributed by atoms with van der Waals surface area (Å²) in [5, 5.41) is 17.0. The highest BCUT2D eigenvalue weighted by atomic mass is 35.5. The van der Waals surface area contributed by atoms with Gasteiger partial charge in [-0.15, -0.1) is 11.8 Å². The van der Waals surface area contributed by atoms with Crippen molar-refractivity contribution in [2.75, 3.05) is 6.26 Å². The van der Waals surface area contributed by atoms with E-state index in [0.29, 0.717) is 16.8 Å². The molecule has 0 saturated heterocycles. The van der Waals surface area contributed by atoms with Gasteiger partial charge in [-0.1, -0.05) is 11.6 Å². The Labute approximate surface area is 103 Å². The molecule has 1 aromatic carbocycles. The van der Waals surface area contributed by atoms with E-state index >= 15 is 0 Å². The van der Waals surface area contributed by atoms with E-state index in [2.05, 4.69) is 0 Å². The molecule has 3 nitrogen and oxygen atoms in total. The SMILES string of the molecule is CSC(=N)/C(=C/O)C(=O)c1ccc(Cl)cc1. The molecule has 0 radical (unpaired) electrons. The van der Waals surface area contributed by atoms with Gasteiger partial charge in [0.05, 0.1) is 11.8 Å². The van der Waals surface area contributed by atoms with Crippen molar-refractivity contribution in [1.29, 1.82) is 5.41 Å². The Bertz CT molecular complexity index is 440. The Hall–Kier alpha value is -1.26. The number of thioether (sulfide) groups is 1. The molecule has 0 aliphatic heterocycles. The van der Waals surface area contributed by atoms with Crippen LogP contribution in [0.5, 0.6) is 0 Å². The van der Waals surface area contributed by atoms with Gasteiger partial charge in [0.25, 0.3) is 0 Å². The lowest BCUT2D eigenvalue weighted by atomic mass is 10.1. The third kappa shape index (κ3) is 2.87.